The minimum absolute atomic E-state index is 0.0441. The fraction of sp³-hybridized carbons (Fsp3) is 0.412. The minimum Gasteiger partial charge on any atom is -0.334 e. The van der Waals surface area contributed by atoms with Crippen molar-refractivity contribution in [2.24, 2.45) is 0 Å². The summed E-state index contributed by atoms with van der Waals surface area (Å²) in [6.07, 6.45) is 0. The third-order valence-electron chi connectivity index (χ3n) is 3.29. The van der Waals surface area contributed by atoms with E-state index in [1.807, 2.05) is 31.2 Å². The van der Waals surface area contributed by atoms with Gasteiger partial charge >= 0.3 is 6.03 Å². The van der Waals surface area contributed by atoms with Gasteiger partial charge in [0.25, 0.3) is 0 Å². The molecule has 0 fully saturated rings. The number of carbonyl (C=O) groups is 1. The molecule has 0 bridgehead atoms. The SMILES string of the molecule is Cc1ccc(CNC(=O)NCc2nc(C(C)(C)C)cs2)cc1. The number of thiazole rings is 1. The molecule has 0 saturated carbocycles. The van der Waals surface area contributed by atoms with Gasteiger partial charge in [0.1, 0.15) is 5.01 Å². The molecule has 0 spiro atoms. The van der Waals surface area contributed by atoms with E-state index in [1.54, 1.807) is 11.3 Å². The van der Waals surface area contributed by atoms with Crippen LogP contribution in [0.2, 0.25) is 0 Å². The number of benzene rings is 1. The number of amides is 2. The van der Waals surface area contributed by atoms with Crippen LogP contribution in [0.25, 0.3) is 0 Å². The molecule has 0 aliphatic rings. The van der Waals surface area contributed by atoms with Crippen LogP contribution in [0.3, 0.4) is 0 Å². The summed E-state index contributed by atoms with van der Waals surface area (Å²) in [6, 6.07) is 7.95. The number of carbonyl (C=O) groups excluding carboxylic acids is 1. The second kappa shape index (κ2) is 6.92. The highest BCUT2D eigenvalue weighted by Gasteiger charge is 2.17. The highest BCUT2D eigenvalue weighted by molar-refractivity contribution is 7.09. The number of urea groups is 1. The maximum absolute atomic E-state index is 11.8. The van der Waals surface area contributed by atoms with Gasteiger partial charge in [-0.2, -0.15) is 0 Å². The van der Waals surface area contributed by atoms with Crippen molar-refractivity contribution in [1.82, 2.24) is 15.6 Å². The van der Waals surface area contributed by atoms with Gasteiger partial charge in [-0.3, -0.25) is 0 Å². The molecular formula is C17H23N3OS. The number of aryl methyl sites for hydroxylation is 1. The molecule has 1 heterocycles. The zero-order valence-electron chi connectivity index (χ0n) is 13.6. The Morgan fingerprint density at radius 1 is 1.14 bits per heavy atom. The molecule has 0 aliphatic heterocycles. The van der Waals surface area contributed by atoms with E-state index < -0.39 is 0 Å². The van der Waals surface area contributed by atoms with Gasteiger partial charge in [-0.25, -0.2) is 9.78 Å². The molecule has 0 unspecified atom stereocenters. The van der Waals surface area contributed by atoms with Crippen LogP contribution < -0.4 is 10.6 Å². The molecular weight excluding hydrogens is 294 g/mol. The van der Waals surface area contributed by atoms with Crippen molar-refractivity contribution in [3.63, 3.8) is 0 Å². The molecule has 2 N–H and O–H groups in total. The van der Waals surface area contributed by atoms with Gasteiger partial charge < -0.3 is 10.6 Å². The molecule has 0 radical (unpaired) electrons. The molecule has 118 valence electrons. The quantitative estimate of drug-likeness (QED) is 0.902. The highest BCUT2D eigenvalue weighted by atomic mass is 32.1. The molecule has 1 aromatic heterocycles. The van der Waals surface area contributed by atoms with E-state index in [9.17, 15) is 4.79 Å². The van der Waals surface area contributed by atoms with Gasteiger partial charge in [-0.05, 0) is 12.5 Å². The lowest BCUT2D eigenvalue weighted by Crippen LogP contribution is -2.34. The Balaban J connectivity index is 1.78. The van der Waals surface area contributed by atoms with E-state index in [2.05, 4.69) is 41.8 Å². The highest BCUT2D eigenvalue weighted by Crippen LogP contribution is 2.23. The largest absolute Gasteiger partial charge is 0.334 e. The monoisotopic (exact) mass is 317 g/mol. The summed E-state index contributed by atoms with van der Waals surface area (Å²) in [5.74, 6) is 0. The van der Waals surface area contributed by atoms with Crippen molar-refractivity contribution < 1.29 is 4.79 Å². The van der Waals surface area contributed by atoms with Crippen molar-refractivity contribution in [3.05, 3.63) is 51.5 Å². The topological polar surface area (TPSA) is 54.0 Å². The summed E-state index contributed by atoms with van der Waals surface area (Å²) in [6.45, 7) is 9.43. The number of rotatable bonds is 4. The third kappa shape index (κ3) is 4.84. The van der Waals surface area contributed by atoms with Gasteiger partial charge in [-0.1, -0.05) is 50.6 Å². The Morgan fingerprint density at radius 2 is 1.77 bits per heavy atom. The van der Waals surface area contributed by atoms with E-state index in [0.717, 1.165) is 16.3 Å². The van der Waals surface area contributed by atoms with Crippen LogP contribution in [0, 0.1) is 6.92 Å². The number of aromatic nitrogens is 1. The maximum Gasteiger partial charge on any atom is 0.315 e. The summed E-state index contributed by atoms with van der Waals surface area (Å²) in [7, 11) is 0. The average Bonchev–Trinajstić information content (AvgIpc) is 2.93. The molecule has 1 aromatic carbocycles. The van der Waals surface area contributed by atoms with Crippen LogP contribution in [0.5, 0.6) is 0 Å². The van der Waals surface area contributed by atoms with Crippen LogP contribution in [0.15, 0.2) is 29.6 Å². The van der Waals surface area contributed by atoms with Crippen molar-refractivity contribution in [2.45, 2.75) is 46.2 Å². The summed E-state index contributed by atoms with van der Waals surface area (Å²) in [5, 5.41) is 8.68. The summed E-state index contributed by atoms with van der Waals surface area (Å²) in [4.78, 5) is 16.4. The van der Waals surface area contributed by atoms with Crippen LogP contribution in [-0.4, -0.2) is 11.0 Å². The first-order valence-electron chi connectivity index (χ1n) is 7.37. The molecule has 2 rings (SSSR count). The standard InChI is InChI=1S/C17H23N3OS/c1-12-5-7-13(8-6-12)9-18-16(21)19-10-15-20-14(11-22-15)17(2,3)4/h5-8,11H,9-10H2,1-4H3,(H2,18,19,21). The van der Waals surface area contributed by atoms with Gasteiger partial charge in [0, 0.05) is 17.3 Å². The molecule has 2 aromatic rings. The smallest absolute Gasteiger partial charge is 0.315 e. The lowest BCUT2D eigenvalue weighted by atomic mass is 9.93. The lowest BCUT2D eigenvalue weighted by molar-refractivity contribution is 0.240. The lowest BCUT2D eigenvalue weighted by Gasteiger charge is -2.14. The van der Waals surface area contributed by atoms with E-state index in [0.29, 0.717) is 13.1 Å². The van der Waals surface area contributed by atoms with E-state index in [1.165, 1.54) is 5.56 Å². The first-order valence-corrected chi connectivity index (χ1v) is 8.25. The minimum atomic E-state index is -0.173. The van der Waals surface area contributed by atoms with E-state index in [4.69, 9.17) is 0 Å². The second-order valence-electron chi connectivity index (χ2n) is 6.40. The fourth-order valence-electron chi connectivity index (χ4n) is 1.84. The molecule has 0 aliphatic carbocycles. The summed E-state index contributed by atoms with van der Waals surface area (Å²) in [5.41, 5.74) is 3.41. The van der Waals surface area contributed by atoms with Gasteiger partial charge in [0.05, 0.1) is 12.2 Å². The van der Waals surface area contributed by atoms with E-state index >= 15 is 0 Å². The molecule has 4 nitrogen and oxygen atoms in total. The number of hydrogen-bond donors (Lipinski definition) is 2. The molecule has 0 saturated heterocycles. The molecule has 0 atom stereocenters. The van der Waals surface area contributed by atoms with E-state index in [-0.39, 0.29) is 11.4 Å². The first-order chi connectivity index (χ1) is 10.3. The number of nitrogens with zero attached hydrogens (tertiary/aromatic N) is 1. The van der Waals surface area contributed by atoms with Gasteiger partial charge in [0.15, 0.2) is 0 Å². The number of hydrogen-bond acceptors (Lipinski definition) is 3. The first kappa shape index (κ1) is 16.5. The predicted octanol–water partition coefficient (Wildman–Crippen LogP) is 3.75. The van der Waals surface area contributed by atoms with Gasteiger partial charge in [-0.15, -0.1) is 11.3 Å². The summed E-state index contributed by atoms with van der Waals surface area (Å²) >= 11 is 1.58. The Hall–Kier alpha value is -1.88. The Bertz CT molecular complexity index is 626. The molecule has 2 amide bonds. The van der Waals surface area contributed by atoms with Crippen molar-refractivity contribution >= 4 is 17.4 Å². The third-order valence-corrected chi connectivity index (χ3v) is 4.14. The average molecular weight is 317 g/mol. The van der Waals surface area contributed by atoms with Gasteiger partial charge in [0.2, 0.25) is 0 Å². The van der Waals surface area contributed by atoms with Crippen LogP contribution in [0.1, 0.15) is 42.6 Å². The predicted molar refractivity (Wildman–Crippen MR) is 91.1 cm³/mol. The van der Waals surface area contributed by atoms with Crippen LogP contribution >= 0.6 is 11.3 Å². The molecule has 5 heteroatoms. The summed E-state index contributed by atoms with van der Waals surface area (Å²) < 4.78 is 0. The van der Waals surface area contributed by atoms with Crippen molar-refractivity contribution in [1.29, 1.82) is 0 Å². The zero-order chi connectivity index (χ0) is 16.2. The Kier molecular flexibility index (Phi) is 5.19. The maximum atomic E-state index is 11.8. The Labute approximate surface area is 136 Å². The Morgan fingerprint density at radius 3 is 2.36 bits per heavy atom. The van der Waals surface area contributed by atoms with Crippen molar-refractivity contribution in [2.75, 3.05) is 0 Å². The second-order valence-corrected chi connectivity index (χ2v) is 7.34. The molecule has 22 heavy (non-hydrogen) atoms. The van der Waals surface area contributed by atoms with Crippen LogP contribution in [0.4, 0.5) is 4.79 Å². The van der Waals surface area contributed by atoms with Crippen LogP contribution in [-0.2, 0) is 18.5 Å². The zero-order valence-corrected chi connectivity index (χ0v) is 14.4. The fourth-order valence-corrected chi connectivity index (χ4v) is 2.80. The number of nitrogens with one attached hydrogen (secondary N) is 2. The van der Waals surface area contributed by atoms with Crippen molar-refractivity contribution in [3.8, 4) is 0 Å². The normalized spacial score (nSPS) is 11.3.